The third-order valence-corrected chi connectivity index (χ3v) is 8.77. The average Bonchev–Trinajstić information content (AvgIpc) is 3.44. The molecule has 3 fully saturated rings. The van der Waals surface area contributed by atoms with Crippen LogP contribution < -0.4 is 9.47 Å². The van der Waals surface area contributed by atoms with E-state index in [1.807, 2.05) is 37.3 Å². The molecular formula is C27H24BrClN2O4. The monoisotopic (exact) mass is 554 g/mol. The van der Waals surface area contributed by atoms with E-state index in [-0.39, 0.29) is 47.5 Å². The van der Waals surface area contributed by atoms with Gasteiger partial charge >= 0.3 is 0 Å². The smallest absolute Gasteiger partial charge is 0.254 e. The van der Waals surface area contributed by atoms with Gasteiger partial charge in [0, 0.05) is 10.6 Å². The first-order chi connectivity index (χ1) is 16.9. The molecular weight excluding hydrogens is 532 g/mol. The molecule has 0 N–H and O–H groups in total. The summed E-state index contributed by atoms with van der Waals surface area (Å²) in [5, 5.41) is 6.03. The van der Waals surface area contributed by atoms with Gasteiger partial charge in [0.15, 0.2) is 11.5 Å². The van der Waals surface area contributed by atoms with E-state index in [9.17, 15) is 9.59 Å². The summed E-state index contributed by atoms with van der Waals surface area (Å²) >= 11 is 9.82. The molecule has 2 saturated carbocycles. The Labute approximate surface area is 217 Å². The van der Waals surface area contributed by atoms with E-state index in [0.717, 1.165) is 23.4 Å². The molecule has 2 bridgehead atoms. The van der Waals surface area contributed by atoms with Crippen molar-refractivity contribution in [3.05, 3.63) is 69.2 Å². The molecule has 0 radical (unpaired) electrons. The molecule has 1 saturated heterocycles. The molecule has 1 spiro atoms. The van der Waals surface area contributed by atoms with Crippen LogP contribution in [0.1, 0.15) is 30.9 Å². The lowest BCUT2D eigenvalue weighted by Gasteiger charge is -2.18. The molecule has 35 heavy (non-hydrogen) atoms. The number of hydrogen-bond acceptors (Lipinski definition) is 5. The van der Waals surface area contributed by atoms with Gasteiger partial charge in [-0.3, -0.25) is 9.59 Å². The maximum atomic E-state index is 13.2. The van der Waals surface area contributed by atoms with Gasteiger partial charge in [-0.15, -0.1) is 0 Å². The fourth-order valence-electron chi connectivity index (χ4n) is 6.13. The van der Waals surface area contributed by atoms with E-state index < -0.39 is 0 Å². The van der Waals surface area contributed by atoms with Crippen molar-refractivity contribution in [2.45, 2.75) is 26.4 Å². The summed E-state index contributed by atoms with van der Waals surface area (Å²) in [6, 6.07) is 11.1. The Kier molecular flexibility index (Phi) is 5.53. The van der Waals surface area contributed by atoms with Crippen molar-refractivity contribution in [2.75, 3.05) is 6.61 Å². The van der Waals surface area contributed by atoms with E-state index >= 15 is 0 Å². The van der Waals surface area contributed by atoms with Crippen LogP contribution in [0, 0.1) is 29.1 Å². The Morgan fingerprint density at radius 2 is 1.80 bits per heavy atom. The number of allylic oxidation sites excluding steroid dienone is 2. The van der Waals surface area contributed by atoms with Crippen LogP contribution in [0.4, 0.5) is 0 Å². The van der Waals surface area contributed by atoms with Crippen molar-refractivity contribution in [1.82, 2.24) is 5.01 Å². The molecule has 4 aliphatic rings. The number of amides is 2. The van der Waals surface area contributed by atoms with Crippen molar-refractivity contribution in [2.24, 2.45) is 34.2 Å². The maximum absolute atomic E-state index is 13.2. The Hall–Kier alpha value is -2.64. The number of fused-ring (bicyclic) bond motifs is 3. The highest BCUT2D eigenvalue weighted by Crippen LogP contribution is 2.73. The fourth-order valence-corrected chi connectivity index (χ4v) is 6.90. The van der Waals surface area contributed by atoms with Gasteiger partial charge in [0.05, 0.1) is 29.1 Å². The molecule has 3 aliphatic carbocycles. The minimum Gasteiger partial charge on any atom is -0.490 e. The molecule has 6 rings (SSSR count). The summed E-state index contributed by atoms with van der Waals surface area (Å²) in [6.45, 7) is 2.62. The summed E-state index contributed by atoms with van der Waals surface area (Å²) in [4.78, 5) is 26.3. The zero-order chi connectivity index (χ0) is 24.3. The number of rotatable bonds is 7. The highest BCUT2D eigenvalue weighted by molar-refractivity contribution is 9.10. The minimum absolute atomic E-state index is 0.174. The van der Waals surface area contributed by atoms with Crippen molar-refractivity contribution in [3.63, 3.8) is 0 Å². The van der Waals surface area contributed by atoms with Crippen LogP contribution >= 0.6 is 27.5 Å². The van der Waals surface area contributed by atoms with Gasteiger partial charge in [-0.05, 0) is 76.7 Å². The predicted molar refractivity (Wildman–Crippen MR) is 135 cm³/mol. The number of hydrogen-bond donors (Lipinski definition) is 0. The number of carbonyl (C=O) groups excluding carboxylic acids is 2. The molecule has 0 unspecified atom stereocenters. The van der Waals surface area contributed by atoms with Gasteiger partial charge in [0.1, 0.15) is 6.61 Å². The second-order valence-corrected chi connectivity index (χ2v) is 10.9. The van der Waals surface area contributed by atoms with Gasteiger partial charge in [-0.2, -0.15) is 10.1 Å². The van der Waals surface area contributed by atoms with Crippen LogP contribution in [0.25, 0.3) is 0 Å². The van der Waals surface area contributed by atoms with Crippen LogP contribution in [-0.2, 0) is 16.2 Å². The number of halogens is 2. The molecule has 6 nitrogen and oxygen atoms in total. The van der Waals surface area contributed by atoms with Gasteiger partial charge < -0.3 is 9.47 Å². The van der Waals surface area contributed by atoms with E-state index in [0.29, 0.717) is 33.2 Å². The molecule has 8 heteroatoms. The number of benzene rings is 2. The third-order valence-electron chi connectivity index (χ3n) is 7.81. The summed E-state index contributed by atoms with van der Waals surface area (Å²) in [7, 11) is 0. The largest absolute Gasteiger partial charge is 0.490 e. The summed E-state index contributed by atoms with van der Waals surface area (Å²) in [5.41, 5.74) is 1.72. The third kappa shape index (κ3) is 3.54. The van der Waals surface area contributed by atoms with Crippen LogP contribution in [0.5, 0.6) is 11.5 Å². The number of carbonyl (C=O) groups is 2. The highest BCUT2D eigenvalue weighted by atomic mass is 79.9. The Bertz CT molecular complexity index is 1250. The predicted octanol–water partition coefficient (Wildman–Crippen LogP) is 5.61. The molecule has 180 valence electrons. The van der Waals surface area contributed by atoms with Crippen molar-refractivity contribution >= 4 is 45.6 Å². The zero-order valence-electron chi connectivity index (χ0n) is 19.1. The SMILES string of the molecule is CCOc1cc(/C=N\N2C(=O)[C@@H]3[C@H](C2=O)[C@H]2C=C[C@H]3C23CC3)cc(Br)c1OCc1ccccc1Cl. The van der Waals surface area contributed by atoms with E-state index in [1.54, 1.807) is 6.07 Å². The number of ether oxygens (including phenoxy) is 2. The van der Waals surface area contributed by atoms with Crippen LogP contribution in [0.3, 0.4) is 0 Å². The van der Waals surface area contributed by atoms with E-state index in [4.69, 9.17) is 21.1 Å². The molecule has 4 atom stereocenters. The number of imide groups is 1. The Morgan fingerprint density at radius 1 is 1.11 bits per heavy atom. The standard InChI is InChI=1S/C27H24BrClN2O4/c1-2-34-21-12-15(11-19(28)24(21)35-14-16-5-3-4-6-20(16)29)13-30-31-25(32)22-17-7-8-18(23(22)26(31)33)27(17)9-10-27/h3-8,11-13,17-18,22-23H,2,9-10,14H2,1H3/b30-13-/t17-,18-,22-,23+/m1/s1. The lowest BCUT2D eigenvalue weighted by atomic mass is 9.85. The molecule has 2 amide bonds. The normalized spacial score (nSPS) is 27.3. The fraction of sp³-hybridized carbons (Fsp3) is 0.370. The first-order valence-corrected chi connectivity index (χ1v) is 13.0. The lowest BCUT2D eigenvalue weighted by Crippen LogP contribution is -2.30. The molecule has 0 aromatic heterocycles. The second-order valence-electron chi connectivity index (χ2n) is 9.60. The van der Waals surface area contributed by atoms with Crippen LogP contribution in [-0.4, -0.2) is 29.6 Å². The molecule has 2 aromatic carbocycles. The number of nitrogens with zero attached hydrogens (tertiary/aromatic N) is 2. The zero-order valence-corrected chi connectivity index (χ0v) is 21.5. The molecule has 1 aliphatic heterocycles. The first kappa shape index (κ1) is 22.8. The Morgan fingerprint density at radius 3 is 2.43 bits per heavy atom. The molecule has 2 aromatic rings. The summed E-state index contributed by atoms with van der Waals surface area (Å²) in [5.74, 6) is 0.566. The summed E-state index contributed by atoms with van der Waals surface area (Å²) in [6.07, 6.45) is 8.08. The van der Waals surface area contributed by atoms with Crippen LogP contribution in [0.15, 0.2) is 58.1 Å². The quantitative estimate of drug-likeness (QED) is 0.253. The highest BCUT2D eigenvalue weighted by Gasteiger charge is 2.73. The average molecular weight is 556 g/mol. The van der Waals surface area contributed by atoms with Crippen molar-refractivity contribution < 1.29 is 19.1 Å². The van der Waals surface area contributed by atoms with E-state index in [1.165, 1.54) is 6.21 Å². The first-order valence-electron chi connectivity index (χ1n) is 11.9. The minimum atomic E-state index is -0.261. The number of hydrazone groups is 1. The van der Waals surface area contributed by atoms with Crippen LogP contribution in [0.2, 0.25) is 5.02 Å². The summed E-state index contributed by atoms with van der Waals surface area (Å²) < 4.78 is 12.5. The van der Waals surface area contributed by atoms with Crippen molar-refractivity contribution in [1.29, 1.82) is 0 Å². The van der Waals surface area contributed by atoms with Gasteiger partial charge in [-0.25, -0.2) is 0 Å². The van der Waals surface area contributed by atoms with Crippen molar-refractivity contribution in [3.8, 4) is 11.5 Å². The van der Waals surface area contributed by atoms with E-state index in [2.05, 4.69) is 33.2 Å². The Balaban J connectivity index is 1.22. The van der Waals surface area contributed by atoms with Gasteiger partial charge in [-0.1, -0.05) is 42.0 Å². The lowest BCUT2D eigenvalue weighted by molar-refractivity contribution is -0.141. The van der Waals surface area contributed by atoms with Gasteiger partial charge in [0.2, 0.25) is 0 Å². The second kappa shape index (κ2) is 8.49. The maximum Gasteiger partial charge on any atom is 0.254 e. The topological polar surface area (TPSA) is 68.2 Å². The van der Waals surface area contributed by atoms with Gasteiger partial charge in [0.25, 0.3) is 11.8 Å². The molecule has 1 heterocycles.